The number of para-hydroxylation sites is 1. The molecule has 7 heteroatoms. The van der Waals surface area contributed by atoms with E-state index in [2.05, 4.69) is 10.1 Å². The van der Waals surface area contributed by atoms with Gasteiger partial charge >= 0.3 is 6.36 Å². The highest BCUT2D eigenvalue weighted by Crippen LogP contribution is 2.33. The average Bonchev–Trinajstić information content (AvgIpc) is 2.24. The standard InChI is InChI=1S/C13H15ClF3NO2/c1-12(2,3)18-11(19)10(14)8-6-4-5-7-9(8)20-13(15,16)17/h4-7,10H,1-3H3,(H,18,19). The first-order valence-electron chi connectivity index (χ1n) is 5.80. The fraction of sp³-hybridized carbons (Fsp3) is 0.462. The van der Waals surface area contributed by atoms with Crippen LogP contribution in [-0.4, -0.2) is 17.8 Å². The minimum absolute atomic E-state index is 0.0340. The van der Waals surface area contributed by atoms with E-state index in [0.717, 1.165) is 6.07 Å². The van der Waals surface area contributed by atoms with Gasteiger partial charge in [-0.05, 0) is 26.8 Å². The molecule has 1 rings (SSSR count). The van der Waals surface area contributed by atoms with Gasteiger partial charge in [0, 0.05) is 11.1 Å². The molecule has 1 amide bonds. The lowest BCUT2D eigenvalue weighted by Crippen LogP contribution is -2.42. The molecule has 0 saturated carbocycles. The van der Waals surface area contributed by atoms with E-state index in [9.17, 15) is 18.0 Å². The maximum absolute atomic E-state index is 12.3. The molecule has 20 heavy (non-hydrogen) atoms. The van der Waals surface area contributed by atoms with Gasteiger partial charge in [0.05, 0.1) is 0 Å². The normalized spacial score (nSPS) is 13.8. The second-order valence-electron chi connectivity index (χ2n) is 5.19. The Hall–Kier alpha value is -1.43. The molecule has 1 unspecified atom stereocenters. The SMILES string of the molecule is CC(C)(C)NC(=O)C(Cl)c1ccccc1OC(F)(F)F. The summed E-state index contributed by atoms with van der Waals surface area (Å²) in [5.74, 6) is -1.07. The monoisotopic (exact) mass is 309 g/mol. The first kappa shape index (κ1) is 16.6. The van der Waals surface area contributed by atoms with Crippen LogP contribution in [0.2, 0.25) is 0 Å². The summed E-state index contributed by atoms with van der Waals surface area (Å²) < 4.78 is 40.7. The van der Waals surface area contributed by atoms with E-state index < -0.39 is 28.9 Å². The van der Waals surface area contributed by atoms with Crippen LogP contribution in [0.5, 0.6) is 5.75 Å². The van der Waals surface area contributed by atoms with Crippen LogP contribution >= 0.6 is 11.6 Å². The van der Waals surface area contributed by atoms with E-state index in [1.807, 2.05) is 0 Å². The molecule has 3 nitrogen and oxygen atoms in total. The number of rotatable bonds is 3. The Kier molecular flexibility index (Phi) is 4.91. The maximum Gasteiger partial charge on any atom is 0.573 e. The van der Waals surface area contributed by atoms with Crippen molar-refractivity contribution in [1.82, 2.24) is 5.32 Å². The second-order valence-corrected chi connectivity index (χ2v) is 5.62. The molecule has 0 aliphatic rings. The zero-order valence-electron chi connectivity index (χ0n) is 11.2. The average molecular weight is 310 g/mol. The summed E-state index contributed by atoms with van der Waals surface area (Å²) in [6, 6.07) is 5.29. The van der Waals surface area contributed by atoms with Crippen LogP contribution in [0.1, 0.15) is 31.7 Å². The summed E-state index contributed by atoms with van der Waals surface area (Å²) in [7, 11) is 0. The lowest BCUT2D eigenvalue weighted by atomic mass is 10.1. The molecule has 1 aromatic rings. The highest BCUT2D eigenvalue weighted by molar-refractivity contribution is 6.31. The molecule has 112 valence electrons. The first-order chi connectivity index (χ1) is 8.99. The van der Waals surface area contributed by atoms with E-state index in [1.165, 1.54) is 18.2 Å². The van der Waals surface area contributed by atoms with Crippen molar-refractivity contribution < 1.29 is 22.7 Å². The van der Waals surface area contributed by atoms with Crippen LogP contribution in [0.25, 0.3) is 0 Å². The van der Waals surface area contributed by atoms with Gasteiger partial charge in [-0.2, -0.15) is 0 Å². The summed E-state index contributed by atoms with van der Waals surface area (Å²) in [4.78, 5) is 11.9. The predicted molar refractivity (Wildman–Crippen MR) is 69.6 cm³/mol. The number of nitrogens with one attached hydrogen (secondary N) is 1. The number of halogens is 4. The van der Waals surface area contributed by atoms with Gasteiger partial charge in [0.2, 0.25) is 5.91 Å². The molecule has 0 aromatic heterocycles. The Morgan fingerprint density at radius 2 is 1.80 bits per heavy atom. The van der Waals surface area contributed by atoms with Crippen molar-refractivity contribution in [3.8, 4) is 5.75 Å². The van der Waals surface area contributed by atoms with Gasteiger partial charge in [-0.15, -0.1) is 24.8 Å². The van der Waals surface area contributed by atoms with Gasteiger partial charge in [0.25, 0.3) is 0 Å². The fourth-order valence-electron chi connectivity index (χ4n) is 1.48. The highest BCUT2D eigenvalue weighted by atomic mass is 35.5. The van der Waals surface area contributed by atoms with Gasteiger partial charge in [0.15, 0.2) is 0 Å². The number of carbonyl (C=O) groups excluding carboxylic acids is 1. The lowest BCUT2D eigenvalue weighted by Gasteiger charge is -2.23. The molecule has 0 radical (unpaired) electrons. The number of ether oxygens (including phenoxy) is 1. The Morgan fingerprint density at radius 3 is 2.30 bits per heavy atom. The third kappa shape index (κ3) is 5.28. The van der Waals surface area contributed by atoms with Gasteiger partial charge in [-0.3, -0.25) is 4.79 Å². The third-order valence-electron chi connectivity index (χ3n) is 2.15. The van der Waals surface area contributed by atoms with Gasteiger partial charge < -0.3 is 10.1 Å². The van der Waals surface area contributed by atoms with Crippen LogP contribution in [0.15, 0.2) is 24.3 Å². The summed E-state index contributed by atoms with van der Waals surface area (Å²) in [6.45, 7) is 5.23. The molecular weight excluding hydrogens is 295 g/mol. The smallest absolute Gasteiger partial charge is 0.405 e. The quantitative estimate of drug-likeness (QED) is 0.863. The van der Waals surface area contributed by atoms with Crippen LogP contribution in [0.4, 0.5) is 13.2 Å². The van der Waals surface area contributed by atoms with E-state index >= 15 is 0 Å². The molecule has 0 bridgehead atoms. The number of alkyl halides is 4. The summed E-state index contributed by atoms with van der Waals surface area (Å²) in [6.07, 6.45) is -4.84. The zero-order chi connectivity index (χ0) is 15.6. The van der Waals surface area contributed by atoms with Crippen molar-refractivity contribution in [3.63, 3.8) is 0 Å². The zero-order valence-corrected chi connectivity index (χ0v) is 12.0. The van der Waals surface area contributed by atoms with E-state index in [-0.39, 0.29) is 5.56 Å². The van der Waals surface area contributed by atoms with Gasteiger partial charge in [-0.1, -0.05) is 18.2 Å². The molecule has 0 aliphatic carbocycles. The molecule has 0 fully saturated rings. The summed E-state index contributed by atoms with van der Waals surface area (Å²) >= 11 is 5.94. The van der Waals surface area contributed by atoms with Crippen LogP contribution < -0.4 is 10.1 Å². The molecule has 0 spiro atoms. The number of hydrogen-bond donors (Lipinski definition) is 1. The van der Waals surface area contributed by atoms with Crippen molar-refractivity contribution in [1.29, 1.82) is 0 Å². The Labute approximate surface area is 120 Å². The van der Waals surface area contributed by atoms with Crippen molar-refractivity contribution in [2.24, 2.45) is 0 Å². The molecule has 0 aliphatic heterocycles. The van der Waals surface area contributed by atoms with E-state index in [0.29, 0.717) is 0 Å². The van der Waals surface area contributed by atoms with Crippen LogP contribution in [0.3, 0.4) is 0 Å². The van der Waals surface area contributed by atoms with Gasteiger partial charge in [-0.25, -0.2) is 0 Å². The fourth-order valence-corrected chi connectivity index (χ4v) is 1.72. The summed E-state index contributed by atoms with van der Waals surface area (Å²) in [5, 5.41) is 1.33. The van der Waals surface area contributed by atoms with E-state index in [1.54, 1.807) is 20.8 Å². The molecular formula is C13H15ClF3NO2. The van der Waals surface area contributed by atoms with Crippen LogP contribution in [-0.2, 0) is 4.79 Å². The Morgan fingerprint density at radius 1 is 1.25 bits per heavy atom. The van der Waals surface area contributed by atoms with Crippen molar-refractivity contribution in [2.45, 2.75) is 38.0 Å². The minimum atomic E-state index is -4.84. The summed E-state index contributed by atoms with van der Waals surface area (Å²) in [5.41, 5.74) is -0.572. The molecule has 0 heterocycles. The lowest BCUT2D eigenvalue weighted by molar-refractivity contribution is -0.274. The minimum Gasteiger partial charge on any atom is -0.405 e. The third-order valence-corrected chi connectivity index (χ3v) is 2.58. The first-order valence-corrected chi connectivity index (χ1v) is 6.24. The number of amides is 1. The topological polar surface area (TPSA) is 38.3 Å². The maximum atomic E-state index is 12.3. The predicted octanol–water partition coefficient (Wildman–Crippen LogP) is 3.78. The number of carbonyl (C=O) groups is 1. The number of benzene rings is 1. The van der Waals surface area contributed by atoms with Crippen LogP contribution in [0, 0.1) is 0 Å². The Bertz CT molecular complexity index is 483. The molecule has 0 saturated heterocycles. The van der Waals surface area contributed by atoms with E-state index in [4.69, 9.17) is 11.6 Å². The highest BCUT2D eigenvalue weighted by Gasteiger charge is 2.34. The van der Waals surface area contributed by atoms with Crippen molar-refractivity contribution in [3.05, 3.63) is 29.8 Å². The van der Waals surface area contributed by atoms with Gasteiger partial charge in [0.1, 0.15) is 11.1 Å². The number of hydrogen-bond acceptors (Lipinski definition) is 2. The second kappa shape index (κ2) is 5.91. The molecule has 1 aromatic carbocycles. The molecule has 1 N–H and O–H groups in total. The largest absolute Gasteiger partial charge is 0.573 e. The Balaban J connectivity index is 2.98. The van der Waals surface area contributed by atoms with Crippen molar-refractivity contribution >= 4 is 17.5 Å². The molecule has 1 atom stereocenters. The van der Waals surface area contributed by atoms with Crippen molar-refractivity contribution in [2.75, 3.05) is 0 Å².